The normalized spacial score (nSPS) is 15.5. The molecular weight excluding hydrogens is 310 g/mol. The molecule has 1 fully saturated rings. The Bertz CT molecular complexity index is 634. The molecular formula is C13H14BrN3O2. The molecule has 0 aromatic carbocycles. The van der Waals surface area contributed by atoms with Gasteiger partial charge in [0.05, 0.1) is 6.61 Å². The fraction of sp³-hybridized carbons (Fsp3) is 0.462. The highest BCUT2D eigenvalue weighted by atomic mass is 79.9. The van der Waals surface area contributed by atoms with Crippen molar-refractivity contribution in [1.82, 2.24) is 14.6 Å². The second-order valence-electron chi connectivity index (χ2n) is 4.65. The summed E-state index contributed by atoms with van der Waals surface area (Å²) in [5.41, 5.74) is 2.09. The van der Waals surface area contributed by atoms with Crippen LogP contribution >= 0.6 is 15.9 Å². The molecule has 2 heterocycles. The summed E-state index contributed by atoms with van der Waals surface area (Å²) in [6.07, 6.45) is 3.50. The lowest BCUT2D eigenvalue weighted by Crippen LogP contribution is -2.17. The number of carbonyl (C=O) groups excluding carboxylic acids is 1. The molecule has 0 radical (unpaired) electrons. The minimum atomic E-state index is -0.372. The van der Waals surface area contributed by atoms with Gasteiger partial charge in [-0.2, -0.15) is 5.10 Å². The van der Waals surface area contributed by atoms with Crippen molar-refractivity contribution in [3.8, 4) is 0 Å². The first-order valence-electron chi connectivity index (χ1n) is 6.42. The molecule has 0 unspecified atom stereocenters. The van der Waals surface area contributed by atoms with Gasteiger partial charge >= 0.3 is 5.97 Å². The minimum absolute atomic E-state index is 0.355. The van der Waals surface area contributed by atoms with Crippen LogP contribution in [0.2, 0.25) is 0 Å². The molecule has 3 rings (SSSR count). The van der Waals surface area contributed by atoms with Crippen molar-refractivity contribution in [2.45, 2.75) is 32.1 Å². The second-order valence-corrected chi connectivity index (χ2v) is 5.46. The zero-order valence-corrected chi connectivity index (χ0v) is 12.2. The van der Waals surface area contributed by atoms with Gasteiger partial charge in [0.25, 0.3) is 0 Å². The molecule has 0 N–H and O–H groups in total. The molecule has 1 saturated carbocycles. The summed E-state index contributed by atoms with van der Waals surface area (Å²) in [7, 11) is 0. The number of aromatic nitrogens is 3. The van der Waals surface area contributed by atoms with Gasteiger partial charge in [0.1, 0.15) is 4.60 Å². The molecule has 2 aromatic rings. The first-order chi connectivity index (χ1) is 9.19. The first-order valence-corrected chi connectivity index (χ1v) is 7.21. The average Bonchev–Trinajstić information content (AvgIpc) is 2.67. The Labute approximate surface area is 119 Å². The number of fused-ring (bicyclic) bond motifs is 1. The van der Waals surface area contributed by atoms with Crippen LogP contribution in [0.15, 0.2) is 16.7 Å². The van der Waals surface area contributed by atoms with E-state index in [2.05, 4.69) is 26.0 Å². The number of nitrogens with zero attached hydrogens (tertiary/aromatic N) is 3. The van der Waals surface area contributed by atoms with Crippen LogP contribution in [-0.4, -0.2) is 27.2 Å². The van der Waals surface area contributed by atoms with Gasteiger partial charge < -0.3 is 4.74 Å². The third-order valence-corrected chi connectivity index (χ3v) is 3.82. The molecule has 100 valence electrons. The van der Waals surface area contributed by atoms with Gasteiger partial charge in [-0.3, -0.25) is 0 Å². The molecule has 6 heteroatoms. The van der Waals surface area contributed by atoms with Crippen LogP contribution < -0.4 is 0 Å². The van der Waals surface area contributed by atoms with Gasteiger partial charge in [0.15, 0.2) is 11.3 Å². The summed E-state index contributed by atoms with van der Waals surface area (Å²) >= 11 is 3.35. The number of ether oxygens (including phenoxy) is 1. The number of hydrogen-bond donors (Lipinski definition) is 0. The number of rotatable bonds is 3. The van der Waals surface area contributed by atoms with E-state index >= 15 is 0 Å². The lowest BCUT2D eigenvalue weighted by molar-refractivity contribution is 0.0519. The van der Waals surface area contributed by atoms with E-state index in [1.165, 1.54) is 6.42 Å². The third kappa shape index (κ3) is 2.25. The van der Waals surface area contributed by atoms with Crippen molar-refractivity contribution in [3.63, 3.8) is 0 Å². The maximum Gasteiger partial charge on any atom is 0.357 e. The second kappa shape index (κ2) is 4.92. The van der Waals surface area contributed by atoms with Crippen molar-refractivity contribution >= 4 is 27.5 Å². The standard InChI is InChI=1S/C13H14BrN3O2/c1-2-19-13(18)9-6-10(8-4-3-5-8)17-12(15-9)7-11(14)16-17/h6-8H,2-5H2,1H3. The largest absolute Gasteiger partial charge is 0.461 e. The van der Waals surface area contributed by atoms with Crippen molar-refractivity contribution in [1.29, 1.82) is 0 Å². The van der Waals surface area contributed by atoms with Gasteiger partial charge in [-0.25, -0.2) is 14.3 Å². The lowest BCUT2D eigenvalue weighted by Gasteiger charge is -2.26. The van der Waals surface area contributed by atoms with Crippen molar-refractivity contribution in [2.75, 3.05) is 6.61 Å². The summed E-state index contributed by atoms with van der Waals surface area (Å²) in [6, 6.07) is 3.62. The third-order valence-electron chi connectivity index (χ3n) is 3.43. The number of carbonyl (C=O) groups is 1. The van der Waals surface area contributed by atoms with Crippen LogP contribution in [0, 0.1) is 0 Å². The maximum atomic E-state index is 11.9. The fourth-order valence-corrected chi connectivity index (χ4v) is 2.64. The zero-order chi connectivity index (χ0) is 13.4. The van der Waals surface area contributed by atoms with Crippen LogP contribution in [0.25, 0.3) is 5.65 Å². The Morgan fingerprint density at radius 1 is 1.53 bits per heavy atom. The molecule has 0 saturated heterocycles. The first kappa shape index (κ1) is 12.6. The van der Waals surface area contributed by atoms with E-state index in [0.717, 1.165) is 23.1 Å². The Balaban J connectivity index is 2.11. The molecule has 19 heavy (non-hydrogen) atoms. The van der Waals surface area contributed by atoms with E-state index in [0.29, 0.717) is 23.9 Å². The van der Waals surface area contributed by atoms with Crippen LogP contribution in [0.4, 0.5) is 0 Å². The lowest BCUT2D eigenvalue weighted by atomic mass is 9.82. The number of hydrogen-bond acceptors (Lipinski definition) is 4. The zero-order valence-electron chi connectivity index (χ0n) is 10.6. The average molecular weight is 324 g/mol. The van der Waals surface area contributed by atoms with Gasteiger partial charge in [0, 0.05) is 17.7 Å². The number of esters is 1. The molecule has 5 nitrogen and oxygen atoms in total. The predicted octanol–water partition coefficient (Wildman–Crippen LogP) is 2.94. The molecule has 0 bridgehead atoms. The summed E-state index contributed by atoms with van der Waals surface area (Å²) in [5.74, 6) is 0.0911. The van der Waals surface area contributed by atoms with Gasteiger partial charge in [0.2, 0.25) is 0 Å². The van der Waals surface area contributed by atoms with Gasteiger partial charge in [-0.05, 0) is 41.8 Å². The molecule has 2 aromatic heterocycles. The fourth-order valence-electron chi connectivity index (χ4n) is 2.27. The van der Waals surface area contributed by atoms with E-state index in [9.17, 15) is 4.79 Å². The Hall–Kier alpha value is -1.43. The quantitative estimate of drug-likeness (QED) is 0.815. The topological polar surface area (TPSA) is 56.5 Å². The molecule has 0 spiro atoms. The molecule has 1 aliphatic carbocycles. The monoisotopic (exact) mass is 323 g/mol. The predicted molar refractivity (Wildman–Crippen MR) is 73.2 cm³/mol. The van der Waals surface area contributed by atoms with Crippen molar-refractivity contribution < 1.29 is 9.53 Å². The molecule has 1 aliphatic rings. The Kier molecular flexibility index (Phi) is 3.26. The summed E-state index contributed by atoms with van der Waals surface area (Å²) in [4.78, 5) is 16.2. The highest BCUT2D eigenvalue weighted by molar-refractivity contribution is 9.10. The number of halogens is 1. The summed E-state index contributed by atoms with van der Waals surface area (Å²) < 4.78 is 7.57. The van der Waals surface area contributed by atoms with E-state index in [1.54, 1.807) is 6.92 Å². The van der Waals surface area contributed by atoms with E-state index in [1.807, 2.05) is 16.6 Å². The SMILES string of the molecule is CCOC(=O)c1cc(C2CCC2)n2nc(Br)cc2n1. The van der Waals surface area contributed by atoms with Crippen LogP contribution in [-0.2, 0) is 4.74 Å². The minimum Gasteiger partial charge on any atom is -0.461 e. The molecule has 0 aliphatic heterocycles. The van der Waals surface area contributed by atoms with Crippen molar-refractivity contribution in [2.24, 2.45) is 0 Å². The highest BCUT2D eigenvalue weighted by Crippen LogP contribution is 2.36. The highest BCUT2D eigenvalue weighted by Gasteiger charge is 2.25. The smallest absolute Gasteiger partial charge is 0.357 e. The summed E-state index contributed by atoms with van der Waals surface area (Å²) in [6.45, 7) is 2.14. The van der Waals surface area contributed by atoms with Gasteiger partial charge in [-0.1, -0.05) is 6.42 Å². The van der Waals surface area contributed by atoms with Crippen molar-refractivity contribution in [3.05, 3.63) is 28.1 Å². The van der Waals surface area contributed by atoms with Crippen LogP contribution in [0.1, 0.15) is 48.3 Å². The van der Waals surface area contributed by atoms with E-state index < -0.39 is 0 Å². The van der Waals surface area contributed by atoms with Crippen LogP contribution in [0.3, 0.4) is 0 Å². The molecule has 0 atom stereocenters. The molecule has 0 amide bonds. The Morgan fingerprint density at radius 2 is 2.32 bits per heavy atom. The van der Waals surface area contributed by atoms with Crippen LogP contribution in [0.5, 0.6) is 0 Å². The summed E-state index contributed by atoms with van der Waals surface area (Å²) in [5, 5.41) is 4.38. The Morgan fingerprint density at radius 3 is 2.95 bits per heavy atom. The van der Waals surface area contributed by atoms with E-state index in [-0.39, 0.29) is 5.97 Å². The van der Waals surface area contributed by atoms with E-state index in [4.69, 9.17) is 4.74 Å². The maximum absolute atomic E-state index is 11.9. The van der Waals surface area contributed by atoms with Gasteiger partial charge in [-0.15, -0.1) is 0 Å².